The molecule has 1 unspecified atom stereocenters. The van der Waals surface area contributed by atoms with Crippen LogP contribution < -0.4 is 5.32 Å². The van der Waals surface area contributed by atoms with E-state index >= 15 is 0 Å². The first kappa shape index (κ1) is 10.7. The number of nitriles is 1. The Kier molecular flexibility index (Phi) is 3.66. The first-order chi connectivity index (χ1) is 6.63. The third-order valence-electron chi connectivity index (χ3n) is 1.82. The maximum Gasteiger partial charge on any atom is 0.237 e. The van der Waals surface area contributed by atoms with Crippen molar-refractivity contribution in [3.8, 4) is 6.07 Å². The van der Waals surface area contributed by atoms with Crippen LogP contribution in [0.15, 0.2) is 12.1 Å². The Hall–Kier alpha value is -1.34. The zero-order valence-corrected chi connectivity index (χ0v) is 9.02. The van der Waals surface area contributed by atoms with Gasteiger partial charge in [0.15, 0.2) is 0 Å². The molecular weight excluding hydrogens is 196 g/mol. The third-order valence-corrected chi connectivity index (χ3v) is 2.82. The fourth-order valence-electron chi connectivity index (χ4n) is 0.966. The van der Waals surface area contributed by atoms with Crippen LogP contribution in [0.2, 0.25) is 0 Å². The molecule has 1 aromatic rings. The summed E-state index contributed by atoms with van der Waals surface area (Å²) in [7, 11) is 0. The highest BCUT2D eigenvalue weighted by Crippen LogP contribution is 2.14. The predicted molar refractivity (Wildman–Crippen MR) is 55.7 cm³/mol. The molecule has 0 aliphatic carbocycles. The van der Waals surface area contributed by atoms with E-state index in [0.717, 1.165) is 4.88 Å². The Morgan fingerprint density at radius 2 is 2.43 bits per heavy atom. The number of nitrogens with zero attached hydrogens (tertiary/aromatic N) is 1. The molecule has 0 bridgehead atoms. The van der Waals surface area contributed by atoms with Crippen molar-refractivity contribution in [1.82, 2.24) is 5.32 Å². The molecule has 74 valence electrons. The number of hydrogen-bond acceptors (Lipinski definition) is 3. The van der Waals surface area contributed by atoms with Gasteiger partial charge in [-0.15, -0.1) is 11.3 Å². The van der Waals surface area contributed by atoms with Crippen LogP contribution in [0, 0.1) is 24.2 Å². The maximum atomic E-state index is 11.2. The van der Waals surface area contributed by atoms with Crippen LogP contribution in [0.1, 0.15) is 16.7 Å². The second-order valence-corrected chi connectivity index (χ2v) is 4.45. The summed E-state index contributed by atoms with van der Waals surface area (Å²) in [6, 6.07) is 5.89. The number of aryl methyl sites for hydroxylation is 1. The highest BCUT2D eigenvalue weighted by molar-refractivity contribution is 7.11. The molecule has 0 spiro atoms. The molecule has 1 atom stereocenters. The number of hydrogen-bond donors (Lipinski definition) is 1. The van der Waals surface area contributed by atoms with Gasteiger partial charge in [0.2, 0.25) is 5.91 Å². The van der Waals surface area contributed by atoms with Gasteiger partial charge in [-0.2, -0.15) is 5.26 Å². The van der Waals surface area contributed by atoms with E-state index < -0.39 is 5.92 Å². The van der Waals surface area contributed by atoms with Gasteiger partial charge in [0.1, 0.15) is 5.92 Å². The average Bonchev–Trinajstić information content (AvgIpc) is 2.59. The Morgan fingerprint density at radius 1 is 1.71 bits per heavy atom. The van der Waals surface area contributed by atoms with Crippen molar-refractivity contribution >= 4 is 17.2 Å². The number of thiophene rings is 1. The van der Waals surface area contributed by atoms with Crippen molar-refractivity contribution in [2.75, 3.05) is 0 Å². The quantitative estimate of drug-likeness (QED) is 0.824. The highest BCUT2D eigenvalue weighted by atomic mass is 32.1. The lowest BCUT2D eigenvalue weighted by Gasteiger charge is -2.03. The lowest BCUT2D eigenvalue weighted by atomic mass is 10.2. The topological polar surface area (TPSA) is 52.9 Å². The van der Waals surface area contributed by atoms with Crippen molar-refractivity contribution < 1.29 is 4.79 Å². The smallest absolute Gasteiger partial charge is 0.237 e. The SMILES string of the molecule is Cc1ccc(CNC(=O)C(C)C#N)s1. The van der Waals surface area contributed by atoms with Crippen LogP contribution in [0.4, 0.5) is 0 Å². The van der Waals surface area contributed by atoms with Crippen LogP contribution in [0.25, 0.3) is 0 Å². The number of carbonyl (C=O) groups is 1. The third kappa shape index (κ3) is 2.86. The van der Waals surface area contributed by atoms with E-state index in [-0.39, 0.29) is 5.91 Å². The summed E-state index contributed by atoms with van der Waals surface area (Å²) >= 11 is 1.65. The number of rotatable bonds is 3. The first-order valence-electron chi connectivity index (χ1n) is 4.36. The molecule has 1 amide bonds. The summed E-state index contributed by atoms with van der Waals surface area (Å²) in [5.74, 6) is -0.783. The van der Waals surface area contributed by atoms with E-state index in [1.54, 1.807) is 18.3 Å². The van der Waals surface area contributed by atoms with E-state index in [2.05, 4.69) is 5.32 Å². The van der Waals surface area contributed by atoms with E-state index in [4.69, 9.17) is 5.26 Å². The lowest BCUT2D eigenvalue weighted by Crippen LogP contribution is -2.27. The average molecular weight is 208 g/mol. The zero-order chi connectivity index (χ0) is 10.6. The van der Waals surface area contributed by atoms with Crippen LogP contribution in [-0.2, 0) is 11.3 Å². The Balaban J connectivity index is 2.42. The summed E-state index contributed by atoms with van der Waals surface area (Å²) in [5.41, 5.74) is 0. The van der Waals surface area contributed by atoms with Crippen molar-refractivity contribution in [3.05, 3.63) is 21.9 Å². The van der Waals surface area contributed by atoms with Crippen LogP contribution >= 0.6 is 11.3 Å². The van der Waals surface area contributed by atoms with E-state index in [1.807, 2.05) is 25.1 Å². The number of carbonyl (C=O) groups excluding carboxylic acids is 1. The summed E-state index contributed by atoms with van der Waals surface area (Å²) in [6.07, 6.45) is 0. The normalized spacial score (nSPS) is 11.8. The molecule has 0 aliphatic rings. The molecule has 1 rings (SSSR count). The minimum Gasteiger partial charge on any atom is -0.350 e. The Morgan fingerprint density at radius 3 is 2.93 bits per heavy atom. The summed E-state index contributed by atoms with van der Waals surface area (Å²) in [4.78, 5) is 13.6. The highest BCUT2D eigenvalue weighted by Gasteiger charge is 2.10. The lowest BCUT2D eigenvalue weighted by molar-refractivity contribution is -0.123. The van der Waals surface area contributed by atoms with Crippen molar-refractivity contribution in [2.24, 2.45) is 5.92 Å². The van der Waals surface area contributed by atoms with Gasteiger partial charge < -0.3 is 5.32 Å². The molecule has 14 heavy (non-hydrogen) atoms. The van der Waals surface area contributed by atoms with E-state index in [9.17, 15) is 4.79 Å². The molecule has 1 heterocycles. The number of amides is 1. The summed E-state index contributed by atoms with van der Waals surface area (Å²) in [6.45, 7) is 4.13. The minimum atomic E-state index is -0.573. The molecular formula is C10H12N2OS. The summed E-state index contributed by atoms with van der Waals surface area (Å²) in [5, 5.41) is 11.2. The molecule has 0 fully saturated rings. The molecule has 0 saturated carbocycles. The molecule has 4 heteroatoms. The van der Waals surface area contributed by atoms with Crippen molar-refractivity contribution in [1.29, 1.82) is 5.26 Å². The van der Waals surface area contributed by atoms with Gasteiger partial charge in [0.25, 0.3) is 0 Å². The predicted octanol–water partition coefficient (Wildman–Crippen LogP) is 1.83. The van der Waals surface area contributed by atoms with Gasteiger partial charge in [-0.25, -0.2) is 0 Å². The van der Waals surface area contributed by atoms with Gasteiger partial charge in [-0.3, -0.25) is 4.79 Å². The maximum absolute atomic E-state index is 11.2. The van der Waals surface area contributed by atoms with Gasteiger partial charge in [0, 0.05) is 9.75 Å². The van der Waals surface area contributed by atoms with Gasteiger partial charge in [0.05, 0.1) is 12.6 Å². The largest absolute Gasteiger partial charge is 0.350 e. The van der Waals surface area contributed by atoms with Crippen LogP contribution in [-0.4, -0.2) is 5.91 Å². The first-order valence-corrected chi connectivity index (χ1v) is 5.17. The minimum absolute atomic E-state index is 0.210. The Labute approximate surface area is 87.4 Å². The van der Waals surface area contributed by atoms with E-state index in [1.165, 1.54) is 4.88 Å². The molecule has 3 nitrogen and oxygen atoms in total. The van der Waals surface area contributed by atoms with Crippen molar-refractivity contribution in [2.45, 2.75) is 20.4 Å². The molecule has 0 saturated heterocycles. The van der Waals surface area contributed by atoms with Crippen molar-refractivity contribution in [3.63, 3.8) is 0 Å². The molecule has 0 aromatic carbocycles. The standard InChI is InChI=1S/C10H12N2OS/c1-7(5-11)10(13)12-6-9-4-3-8(2)14-9/h3-4,7H,6H2,1-2H3,(H,12,13). The van der Waals surface area contributed by atoms with E-state index in [0.29, 0.717) is 6.54 Å². The fourth-order valence-corrected chi connectivity index (χ4v) is 1.80. The van der Waals surface area contributed by atoms with Crippen LogP contribution in [0.3, 0.4) is 0 Å². The molecule has 0 radical (unpaired) electrons. The van der Waals surface area contributed by atoms with Crippen LogP contribution in [0.5, 0.6) is 0 Å². The summed E-state index contributed by atoms with van der Waals surface area (Å²) < 4.78 is 0. The Bertz CT molecular complexity index is 364. The number of nitrogens with one attached hydrogen (secondary N) is 1. The fraction of sp³-hybridized carbons (Fsp3) is 0.400. The van der Waals surface area contributed by atoms with Gasteiger partial charge in [-0.05, 0) is 26.0 Å². The van der Waals surface area contributed by atoms with Gasteiger partial charge in [-0.1, -0.05) is 0 Å². The zero-order valence-electron chi connectivity index (χ0n) is 8.20. The molecule has 1 aromatic heterocycles. The van der Waals surface area contributed by atoms with Gasteiger partial charge >= 0.3 is 0 Å². The molecule has 0 aliphatic heterocycles. The molecule has 1 N–H and O–H groups in total. The second kappa shape index (κ2) is 4.77. The second-order valence-electron chi connectivity index (χ2n) is 3.08. The monoisotopic (exact) mass is 208 g/mol.